The molecule has 0 bridgehead atoms. The zero-order valence-electron chi connectivity index (χ0n) is 19.2. The van der Waals surface area contributed by atoms with E-state index in [1.54, 1.807) is 0 Å². The van der Waals surface area contributed by atoms with E-state index in [4.69, 9.17) is 14.6 Å². The van der Waals surface area contributed by atoms with Gasteiger partial charge in [-0.05, 0) is 61.8 Å². The summed E-state index contributed by atoms with van der Waals surface area (Å²) in [6.45, 7) is 8.07. The van der Waals surface area contributed by atoms with Crippen molar-refractivity contribution in [3.8, 4) is 22.9 Å². The quantitative estimate of drug-likeness (QED) is 0.441. The molecule has 3 rings (SSSR count). The van der Waals surface area contributed by atoms with Crippen molar-refractivity contribution >= 4 is 5.69 Å². The molecule has 1 aliphatic rings. The molecule has 0 spiro atoms. The first kappa shape index (κ1) is 23.4. The SMILES string of the molecule is CCCCOc1ccc(-c2ccc(N3CCC(CCO)CC3)cc2)c(OCCCC)n1. The minimum atomic E-state index is 0.304. The molecular weight excluding hydrogens is 388 g/mol. The van der Waals surface area contributed by atoms with Crippen molar-refractivity contribution in [2.45, 2.75) is 58.8 Å². The Hall–Kier alpha value is -2.27. The van der Waals surface area contributed by atoms with Crippen LogP contribution in [-0.2, 0) is 0 Å². The van der Waals surface area contributed by atoms with Gasteiger partial charge >= 0.3 is 0 Å². The summed E-state index contributed by atoms with van der Waals surface area (Å²) in [5.74, 6) is 1.94. The summed E-state index contributed by atoms with van der Waals surface area (Å²) in [6.07, 6.45) is 7.46. The van der Waals surface area contributed by atoms with Crippen molar-refractivity contribution in [3.05, 3.63) is 36.4 Å². The number of nitrogens with zero attached hydrogens (tertiary/aromatic N) is 2. The van der Waals surface area contributed by atoms with Crippen LogP contribution in [0.15, 0.2) is 36.4 Å². The lowest BCUT2D eigenvalue weighted by Crippen LogP contribution is -2.33. The van der Waals surface area contributed by atoms with Crippen molar-refractivity contribution < 1.29 is 14.6 Å². The summed E-state index contributed by atoms with van der Waals surface area (Å²) in [5, 5.41) is 9.16. The van der Waals surface area contributed by atoms with E-state index in [-0.39, 0.29) is 0 Å². The molecule has 0 amide bonds. The second kappa shape index (κ2) is 12.6. The van der Waals surface area contributed by atoms with Gasteiger partial charge in [-0.3, -0.25) is 0 Å². The topological polar surface area (TPSA) is 54.8 Å². The van der Waals surface area contributed by atoms with Crippen LogP contribution in [0.25, 0.3) is 11.1 Å². The Morgan fingerprint density at radius 3 is 2.26 bits per heavy atom. The first-order valence-electron chi connectivity index (χ1n) is 12.0. The van der Waals surface area contributed by atoms with Gasteiger partial charge in [0.05, 0.1) is 13.2 Å². The van der Waals surface area contributed by atoms with Crippen LogP contribution >= 0.6 is 0 Å². The second-order valence-corrected chi connectivity index (χ2v) is 8.40. The average Bonchev–Trinajstić information content (AvgIpc) is 2.81. The summed E-state index contributed by atoms with van der Waals surface area (Å²) in [6, 6.07) is 12.7. The Balaban J connectivity index is 1.71. The molecule has 0 radical (unpaired) electrons. The van der Waals surface area contributed by atoms with Crippen LogP contribution in [0.3, 0.4) is 0 Å². The smallest absolute Gasteiger partial charge is 0.224 e. The molecule has 1 aromatic carbocycles. The maximum absolute atomic E-state index is 9.16. The zero-order chi connectivity index (χ0) is 21.9. The fourth-order valence-corrected chi connectivity index (χ4v) is 3.98. The van der Waals surface area contributed by atoms with Gasteiger partial charge in [0.2, 0.25) is 11.8 Å². The average molecular weight is 427 g/mol. The Bertz CT molecular complexity index is 771. The molecule has 1 aromatic heterocycles. The predicted molar refractivity (Wildman–Crippen MR) is 127 cm³/mol. The van der Waals surface area contributed by atoms with Crippen molar-refractivity contribution in [2.24, 2.45) is 5.92 Å². The van der Waals surface area contributed by atoms with Gasteiger partial charge in [-0.2, -0.15) is 4.98 Å². The molecule has 0 aliphatic carbocycles. The highest BCUT2D eigenvalue weighted by atomic mass is 16.5. The van der Waals surface area contributed by atoms with Crippen molar-refractivity contribution in [3.63, 3.8) is 0 Å². The third-order valence-corrected chi connectivity index (χ3v) is 6.01. The van der Waals surface area contributed by atoms with Crippen LogP contribution in [0.1, 0.15) is 58.8 Å². The molecule has 1 aliphatic heterocycles. The van der Waals surface area contributed by atoms with Crippen LogP contribution in [0.5, 0.6) is 11.8 Å². The molecule has 0 saturated carbocycles. The van der Waals surface area contributed by atoms with Crippen LogP contribution in [0.4, 0.5) is 5.69 Å². The fraction of sp³-hybridized carbons (Fsp3) is 0.577. The van der Waals surface area contributed by atoms with Crippen LogP contribution in [0.2, 0.25) is 0 Å². The van der Waals surface area contributed by atoms with Gasteiger partial charge in [-0.1, -0.05) is 38.8 Å². The molecule has 5 heteroatoms. The van der Waals surface area contributed by atoms with Crippen LogP contribution in [-0.4, -0.2) is 43.0 Å². The highest BCUT2D eigenvalue weighted by Gasteiger charge is 2.19. The maximum atomic E-state index is 9.16. The number of aliphatic hydroxyl groups excluding tert-OH is 1. The largest absolute Gasteiger partial charge is 0.478 e. The Morgan fingerprint density at radius 2 is 1.61 bits per heavy atom. The van der Waals surface area contributed by atoms with Gasteiger partial charge in [0.15, 0.2) is 0 Å². The molecule has 1 fully saturated rings. The summed E-state index contributed by atoms with van der Waals surface area (Å²) < 4.78 is 11.8. The van der Waals surface area contributed by atoms with Gasteiger partial charge < -0.3 is 19.5 Å². The number of hydrogen-bond donors (Lipinski definition) is 1. The molecule has 1 saturated heterocycles. The van der Waals surface area contributed by atoms with Gasteiger partial charge in [0.1, 0.15) is 0 Å². The Labute approximate surface area is 187 Å². The molecule has 0 atom stereocenters. The number of aliphatic hydroxyl groups is 1. The van der Waals surface area contributed by atoms with E-state index < -0.39 is 0 Å². The van der Waals surface area contributed by atoms with E-state index in [2.05, 4.69) is 54.1 Å². The molecule has 2 aromatic rings. The highest BCUT2D eigenvalue weighted by Crippen LogP contribution is 2.33. The molecule has 31 heavy (non-hydrogen) atoms. The van der Waals surface area contributed by atoms with Gasteiger partial charge in [-0.15, -0.1) is 0 Å². The van der Waals surface area contributed by atoms with E-state index in [0.29, 0.717) is 37.5 Å². The zero-order valence-corrected chi connectivity index (χ0v) is 19.2. The maximum Gasteiger partial charge on any atom is 0.224 e. The van der Waals surface area contributed by atoms with Gasteiger partial charge in [0, 0.05) is 37.0 Å². The third-order valence-electron chi connectivity index (χ3n) is 6.01. The Kier molecular flexibility index (Phi) is 9.47. The molecule has 5 nitrogen and oxygen atoms in total. The minimum absolute atomic E-state index is 0.304. The number of benzene rings is 1. The van der Waals surface area contributed by atoms with E-state index in [1.165, 1.54) is 5.69 Å². The first-order chi connectivity index (χ1) is 15.2. The number of hydrogen-bond acceptors (Lipinski definition) is 5. The van der Waals surface area contributed by atoms with Crippen molar-refractivity contribution in [1.29, 1.82) is 0 Å². The van der Waals surface area contributed by atoms with Crippen molar-refractivity contribution in [2.75, 3.05) is 37.8 Å². The fourth-order valence-electron chi connectivity index (χ4n) is 3.98. The monoisotopic (exact) mass is 426 g/mol. The normalized spacial score (nSPS) is 14.6. The highest BCUT2D eigenvalue weighted by molar-refractivity contribution is 5.71. The lowest BCUT2D eigenvalue weighted by molar-refractivity contribution is 0.240. The number of aromatic nitrogens is 1. The molecular formula is C26H38N2O3. The lowest BCUT2D eigenvalue weighted by atomic mass is 9.93. The standard InChI is InChI=1S/C26H38N2O3/c1-3-5-19-30-25-12-11-24(26(27-25)31-20-6-4-2)22-7-9-23(10-8-22)28-16-13-21(14-17-28)15-18-29/h7-12,21,29H,3-6,13-20H2,1-2H3. The second-order valence-electron chi connectivity index (χ2n) is 8.40. The summed E-state index contributed by atoms with van der Waals surface area (Å²) in [4.78, 5) is 7.10. The number of piperidine rings is 1. The molecule has 2 heterocycles. The number of pyridine rings is 1. The van der Waals surface area contributed by atoms with E-state index >= 15 is 0 Å². The minimum Gasteiger partial charge on any atom is -0.478 e. The van der Waals surface area contributed by atoms with E-state index in [0.717, 1.165) is 69.2 Å². The number of ether oxygens (including phenoxy) is 2. The van der Waals surface area contributed by atoms with E-state index in [1.807, 2.05) is 6.07 Å². The first-order valence-corrected chi connectivity index (χ1v) is 12.0. The third kappa shape index (κ3) is 6.86. The van der Waals surface area contributed by atoms with Crippen LogP contribution < -0.4 is 14.4 Å². The number of unbranched alkanes of at least 4 members (excludes halogenated alkanes) is 2. The molecule has 0 unspecified atom stereocenters. The molecule has 170 valence electrons. The lowest BCUT2D eigenvalue weighted by Gasteiger charge is -2.33. The van der Waals surface area contributed by atoms with Crippen molar-refractivity contribution in [1.82, 2.24) is 4.98 Å². The van der Waals surface area contributed by atoms with E-state index in [9.17, 15) is 0 Å². The molecule has 1 N–H and O–H groups in total. The number of rotatable bonds is 12. The summed E-state index contributed by atoms with van der Waals surface area (Å²) in [5.41, 5.74) is 3.37. The Morgan fingerprint density at radius 1 is 0.935 bits per heavy atom. The van der Waals surface area contributed by atoms with Crippen LogP contribution in [0, 0.1) is 5.92 Å². The van der Waals surface area contributed by atoms with Gasteiger partial charge in [-0.25, -0.2) is 0 Å². The van der Waals surface area contributed by atoms with Gasteiger partial charge in [0.25, 0.3) is 0 Å². The summed E-state index contributed by atoms with van der Waals surface area (Å²) in [7, 11) is 0. The number of anilines is 1. The predicted octanol–water partition coefficient (Wildman–Crippen LogP) is 5.71. The summed E-state index contributed by atoms with van der Waals surface area (Å²) >= 11 is 0.